The van der Waals surface area contributed by atoms with Crippen molar-refractivity contribution in [1.82, 2.24) is 0 Å². The number of halogens is 2. The smallest absolute Gasteiger partial charge is 0.262 e. The molecule has 0 fully saturated rings. The molecule has 0 aliphatic carbocycles. The first-order chi connectivity index (χ1) is 9.85. The molecule has 112 valence electrons. The van der Waals surface area contributed by atoms with Gasteiger partial charge in [-0.2, -0.15) is 0 Å². The van der Waals surface area contributed by atoms with Crippen LogP contribution in [0.15, 0.2) is 41.3 Å². The van der Waals surface area contributed by atoms with Crippen LogP contribution in [0.2, 0.25) is 5.02 Å². The maximum absolute atomic E-state index is 13.2. The number of hydrogen-bond donors (Lipinski definition) is 2. The van der Waals surface area contributed by atoms with Crippen LogP contribution in [0, 0.1) is 12.7 Å². The van der Waals surface area contributed by atoms with E-state index >= 15 is 0 Å². The quantitative estimate of drug-likeness (QED) is 0.906. The Bertz CT molecular complexity index is 778. The fourth-order valence-corrected chi connectivity index (χ4v) is 3.48. The van der Waals surface area contributed by atoms with Gasteiger partial charge in [0.25, 0.3) is 10.0 Å². The highest BCUT2D eigenvalue weighted by Crippen LogP contribution is 2.27. The van der Waals surface area contributed by atoms with Crippen LogP contribution in [-0.2, 0) is 16.6 Å². The zero-order valence-electron chi connectivity index (χ0n) is 11.1. The average molecular weight is 330 g/mol. The third-order valence-electron chi connectivity index (χ3n) is 3.03. The molecule has 0 saturated heterocycles. The van der Waals surface area contributed by atoms with Crippen LogP contribution >= 0.6 is 11.6 Å². The summed E-state index contributed by atoms with van der Waals surface area (Å²) in [5, 5.41) is 9.29. The number of aliphatic hydroxyl groups excluding tert-OH is 1. The predicted octanol–water partition coefficient (Wildman–Crippen LogP) is 3.08. The second-order valence-electron chi connectivity index (χ2n) is 4.43. The average Bonchev–Trinajstić information content (AvgIpc) is 2.42. The van der Waals surface area contributed by atoms with Gasteiger partial charge in [-0.15, -0.1) is 0 Å². The Morgan fingerprint density at radius 3 is 2.67 bits per heavy atom. The van der Waals surface area contributed by atoms with Gasteiger partial charge in [0, 0.05) is 0 Å². The second kappa shape index (κ2) is 6.01. The summed E-state index contributed by atoms with van der Waals surface area (Å²) < 4.78 is 40.2. The zero-order chi connectivity index (χ0) is 15.6. The second-order valence-corrected chi connectivity index (χ2v) is 6.49. The third-order valence-corrected chi connectivity index (χ3v) is 4.87. The van der Waals surface area contributed by atoms with E-state index < -0.39 is 15.8 Å². The summed E-state index contributed by atoms with van der Waals surface area (Å²) in [5.41, 5.74) is 0.897. The van der Waals surface area contributed by atoms with Crippen LogP contribution in [0.3, 0.4) is 0 Å². The van der Waals surface area contributed by atoms with Crippen molar-refractivity contribution in [2.45, 2.75) is 18.4 Å². The minimum Gasteiger partial charge on any atom is -0.392 e. The Kier molecular flexibility index (Phi) is 4.51. The van der Waals surface area contributed by atoms with Crippen molar-refractivity contribution in [2.24, 2.45) is 0 Å². The molecule has 0 aliphatic rings. The van der Waals surface area contributed by atoms with Crippen LogP contribution in [0.1, 0.15) is 11.1 Å². The minimum atomic E-state index is -3.93. The number of hydrogen-bond acceptors (Lipinski definition) is 3. The zero-order valence-corrected chi connectivity index (χ0v) is 12.7. The molecule has 2 aromatic carbocycles. The van der Waals surface area contributed by atoms with E-state index in [-0.39, 0.29) is 22.2 Å². The lowest BCUT2D eigenvalue weighted by Gasteiger charge is -2.13. The summed E-state index contributed by atoms with van der Waals surface area (Å²) in [5.74, 6) is -0.599. The summed E-state index contributed by atoms with van der Waals surface area (Å²) >= 11 is 5.85. The summed E-state index contributed by atoms with van der Waals surface area (Å²) in [4.78, 5) is 0.00868. The van der Waals surface area contributed by atoms with Crippen molar-refractivity contribution in [2.75, 3.05) is 4.72 Å². The van der Waals surface area contributed by atoms with E-state index in [9.17, 15) is 17.9 Å². The molecule has 0 bridgehead atoms. The number of anilines is 1. The highest BCUT2D eigenvalue weighted by molar-refractivity contribution is 7.92. The van der Waals surface area contributed by atoms with Gasteiger partial charge in [0.05, 0.1) is 22.2 Å². The molecular formula is C14H13ClFNO3S. The van der Waals surface area contributed by atoms with Crippen molar-refractivity contribution >= 4 is 27.3 Å². The molecule has 2 rings (SSSR count). The van der Waals surface area contributed by atoms with E-state index in [1.807, 2.05) is 0 Å². The number of sulfonamides is 1. The fraction of sp³-hybridized carbons (Fsp3) is 0.143. The molecule has 21 heavy (non-hydrogen) atoms. The highest BCUT2D eigenvalue weighted by atomic mass is 35.5. The lowest BCUT2D eigenvalue weighted by atomic mass is 10.1. The van der Waals surface area contributed by atoms with E-state index in [1.54, 1.807) is 13.0 Å². The Morgan fingerprint density at radius 2 is 2.00 bits per heavy atom. The molecule has 4 nitrogen and oxygen atoms in total. The topological polar surface area (TPSA) is 66.4 Å². The van der Waals surface area contributed by atoms with E-state index in [0.717, 1.165) is 12.1 Å². The van der Waals surface area contributed by atoms with Crippen molar-refractivity contribution in [1.29, 1.82) is 0 Å². The van der Waals surface area contributed by atoms with Crippen molar-refractivity contribution in [3.05, 3.63) is 58.4 Å². The molecule has 0 radical (unpaired) electrons. The Morgan fingerprint density at radius 1 is 1.29 bits per heavy atom. The van der Waals surface area contributed by atoms with Crippen LogP contribution < -0.4 is 4.72 Å². The normalized spacial score (nSPS) is 11.4. The molecule has 2 aromatic rings. The molecule has 0 aliphatic heterocycles. The Hall–Kier alpha value is -1.63. The first kappa shape index (κ1) is 15.8. The standard InChI is InChI=1S/C14H13ClFNO3S/c1-9-10(8-18)3-2-4-14(9)21(19,20)17-13-7-11(16)5-6-12(13)15/h2-7,17-18H,8H2,1H3. The maximum Gasteiger partial charge on any atom is 0.262 e. The van der Waals surface area contributed by atoms with Crippen LogP contribution in [0.5, 0.6) is 0 Å². The monoisotopic (exact) mass is 329 g/mol. The van der Waals surface area contributed by atoms with Gasteiger partial charge in [-0.1, -0.05) is 23.7 Å². The van der Waals surface area contributed by atoms with Crippen LogP contribution in [0.4, 0.5) is 10.1 Å². The largest absolute Gasteiger partial charge is 0.392 e. The molecule has 0 unspecified atom stereocenters. The Balaban J connectivity index is 2.46. The molecule has 0 heterocycles. The summed E-state index contributed by atoms with van der Waals surface area (Å²) in [6, 6.07) is 7.97. The van der Waals surface area contributed by atoms with Crippen molar-refractivity contribution in [3.8, 4) is 0 Å². The van der Waals surface area contributed by atoms with Gasteiger partial charge in [-0.25, -0.2) is 12.8 Å². The van der Waals surface area contributed by atoms with Gasteiger partial charge in [0.15, 0.2) is 0 Å². The number of benzene rings is 2. The molecule has 0 saturated carbocycles. The number of nitrogens with one attached hydrogen (secondary N) is 1. The van der Waals surface area contributed by atoms with Gasteiger partial charge in [-0.3, -0.25) is 4.72 Å². The SMILES string of the molecule is Cc1c(CO)cccc1S(=O)(=O)Nc1cc(F)ccc1Cl. The molecule has 0 atom stereocenters. The minimum absolute atomic E-state index is 0.00868. The van der Waals surface area contributed by atoms with Gasteiger partial charge in [-0.05, 0) is 42.3 Å². The van der Waals surface area contributed by atoms with Gasteiger partial charge < -0.3 is 5.11 Å². The van der Waals surface area contributed by atoms with Crippen molar-refractivity contribution < 1.29 is 17.9 Å². The van der Waals surface area contributed by atoms with Gasteiger partial charge >= 0.3 is 0 Å². The lowest BCUT2D eigenvalue weighted by molar-refractivity contribution is 0.280. The van der Waals surface area contributed by atoms with Crippen LogP contribution in [0.25, 0.3) is 0 Å². The van der Waals surface area contributed by atoms with Crippen LogP contribution in [-0.4, -0.2) is 13.5 Å². The van der Waals surface area contributed by atoms with E-state index in [0.29, 0.717) is 11.1 Å². The van der Waals surface area contributed by atoms with E-state index in [1.165, 1.54) is 18.2 Å². The molecule has 2 N–H and O–H groups in total. The maximum atomic E-state index is 13.2. The van der Waals surface area contributed by atoms with E-state index in [4.69, 9.17) is 11.6 Å². The fourth-order valence-electron chi connectivity index (χ4n) is 1.90. The molecule has 0 spiro atoms. The summed E-state index contributed by atoms with van der Waals surface area (Å²) in [7, 11) is -3.93. The lowest BCUT2D eigenvalue weighted by Crippen LogP contribution is -2.15. The molecule has 0 amide bonds. The van der Waals surface area contributed by atoms with Crippen molar-refractivity contribution in [3.63, 3.8) is 0 Å². The molecule has 0 aromatic heterocycles. The van der Waals surface area contributed by atoms with Gasteiger partial charge in [0.1, 0.15) is 5.82 Å². The first-order valence-corrected chi connectivity index (χ1v) is 7.88. The first-order valence-electron chi connectivity index (χ1n) is 6.02. The Labute approximate surface area is 127 Å². The predicted molar refractivity (Wildman–Crippen MR) is 79.3 cm³/mol. The summed E-state index contributed by atoms with van der Waals surface area (Å²) in [6.45, 7) is 1.32. The summed E-state index contributed by atoms with van der Waals surface area (Å²) in [6.07, 6.45) is 0. The molecular weight excluding hydrogens is 317 g/mol. The number of aliphatic hydroxyl groups is 1. The third kappa shape index (κ3) is 3.34. The number of rotatable bonds is 4. The van der Waals surface area contributed by atoms with E-state index in [2.05, 4.69) is 4.72 Å². The van der Waals surface area contributed by atoms with Gasteiger partial charge in [0.2, 0.25) is 0 Å². The molecule has 7 heteroatoms. The highest BCUT2D eigenvalue weighted by Gasteiger charge is 2.19.